The zero-order chi connectivity index (χ0) is 20.4. The first-order chi connectivity index (χ1) is 13.6. The minimum atomic E-state index is 0.0516. The van der Waals surface area contributed by atoms with Crippen LogP contribution in [0.4, 0.5) is 23.0 Å². The maximum absolute atomic E-state index is 9.92. The van der Waals surface area contributed by atoms with Crippen LogP contribution in [-0.2, 0) is 0 Å². The molecule has 3 N–H and O–H groups in total. The summed E-state index contributed by atoms with van der Waals surface area (Å²) in [7, 11) is 0. The molecule has 1 heterocycles. The molecule has 2 aromatic rings. The molecule has 7 nitrogen and oxygen atoms in total. The van der Waals surface area contributed by atoms with Crippen molar-refractivity contribution in [2.75, 3.05) is 23.7 Å². The molecule has 28 heavy (non-hydrogen) atoms. The number of para-hydroxylation sites is 1. The highest BCUT2D eigenvalue weighted by Gasteiger charge is 2.17. The van der Waals surface area contributed by atoms with Gasteiger partial charge in [0.1, 0.15) is 29.0 Å². The molecule has 0 atom stereocenters. The largest absolute Gasteiger partial charge is 0.506 e. The fraction of sp³-hybridized carbons (Fsp3) is 0.429. The van der Waals surface area contributed by atoms with Crippen molar-refractivity contribution in [1.29, 1.82) is 5.26 Å². The summed E-state index contributed by atoms with van der Waals surface area (Å²) in [5.74, 6) is 1.20. The molecule has 0 unspecified atom stereocenters. The van der Waals surface area contributed by atoms with Crippen molar-refractivity contribution in [3.05, 3.63) is 35.4 Å². The number of phenols is 1. The Morgan fingerprint density at radius 3 is 2.29 bits per heavy atom. The van der Waals surface area contributed by atoms with Crippen molar-refractivity contribution in [3.63, 3.8) is 0 Å². The molecule has 0 bridgehead atoms. The zero-order valence-electron chi connectivity index (χ0n) is 16.8. The molecule has 0 saturated heterocycles. The summed E-state index contributed by atoms with van der Waals surface area (Å²) in [6.07, 6.45) is 4.11. The summed E-state index contributed by atoms with van der Waals surface area (Å²) >= 11 is 0. The number of hydrogen-bond donors (Lipinski definition) is 3. The number of benzene rings is 1. The van der Waals surface area contributed by atoms with Crippen LogP contribution in [0, 0.1) is 18.3 Å². The van der Waals surface area contributed by atoms with Crippen molar-refractivity contribution < 1.29 is 5.11 Å². The lowest BCUT2D eigenvalue weighted by molar-refractivity contribution is 0.476. The lowest BCUT2D eigenvalue weighted by Crippen LogP contribution is -2.10. The Hall–Kier alpha value is -3.14. The number of anilines is 2. The number of nitriles is 1. The first-order valence-corrected chi connectivity index (χ1v) is 9.74. The molecular formula is C21H28N6O. The average Bonchev–Trinajstić information content (AvgIpc) is 2.69. The minimum absolute atomic E-state index is 0.0516. The van der Waals surface area contributed by atoms with Gasteiger partial charge in [-0.1, -0.05) is 38.8 Å². The van der Waals surface area contributed by atoms with Gasteiger partial charge in [0.2, 0.25) is 0 Å². The van der Waals surface area contributed by atoms with Gasteiger partial charge in [-0.15, -0.1) is 10.2 Å². The lowest BCUT2D eigenvalue weighted by atomic mass is 10.1. The number of aromatic nitrogens is 1. The van der Waals surface area contributed by atoms with Crippen LogP contribution in [0.15, 0.2) is 34.5 Å². The van der Waals surface area contributed by atoms with Gasteiger partial charge in [-0.25, -0.2) is 4.98 Å². The second kappa shape index (κ2) is 10.9. The summed E-state index contributed by atoms with van der Waals surface area (Å²) in [6.45, 7) is 7.59. The van der Waals surface area contributed by atoms with Gasteiger partial charge in [0, 0.05) is 18.7 Å². The Balaban J connectivity index is 2.45. The Morgan fingerprint density at radius 1 is 1.04 bits per heavy atom. The fourth-order valence-electron chi connectivity index (χ4n) is 2.62. The van der Waals surface area contributed by atoms with Crippen LogP contribution in [-0.4, -0.2) is 23.2 Å². The Bertz CT molecular complexity index is 857. The third kappa shape index (κ3) is 5.43. The molecule has 1 aromatic heterocycles. The number of rotatable bonds is 10. The highest BCUT2D eigenvalue weighted by Crippen LogP contribution is 2.36. The van der Waals surface area contributed by atoms with Crippen LogP contribution in [0.5, 0.6) is 5.75 Å². The van der Waals surface area contributed by atoms with E-state index in [1.165, 1.54) is 0 Å². The second-order valence-electron chi connectivity index (χ2n) is 6.52. The Morgan fingerprint density at radius 2 is 1.68 bits per heavy atom. The zero-order valence-corrected chi connectivity index (χ0v) is 16.8. The maximum atomic E-state index is 9.92. The number of nitrogens with zero attached hydrogens (tertiary/aromatic N) is 4. The first-order valence-electron chi connectivity index (χ1n) is 9.74. The number of unbranched alkanes of at least 4 members (excludes halogenated alkanes) is 2. The van der Waals surface area contributed by atoms with E-state index in [-0.39, 0.29) is 5.75 Å². The van der Waals surface area contributed by atoms with Crippen LogP contribution in [0.2, 0.25) is 0 Å². The lowest BCUT2D eigenvalue weighted by Gasteiger charge is -2.15. The van der Waals surface area contributed by atoms with E-state index in [0.29, 0.717) is 34.1 Å². The molecule has 0 radical (unpaired) electrons. The summed E-state index contributed by atoms with van der Waals surface area (Å²) in [4.78, 5) is 4.62. The van der Waals surface area contributed by atoms with Gasteiger partial charge in [-0.3, -0.25) is 0 Å². The average molecular weight is 380 g/mol. The number of nitrogens with one attached hydrogen (secondary N) is 2. The van der Waals surface area contributed by atoms with Crippen molar-refractivity contribution in [2.45, 2.75) is 46.5 Å². The summed E-state index contributed by atoms with van der Waals surface area (Å²) in [5, 5.41) is 34.6. The molecule has 0 fully saturated rings. The van der Waals surface area contributed by atoms with Crippen LogP contribution in [0.25, 0.3) is 0 Å². The number of aromatic hydroxyl groups is 1. The van der Waals surface area contributed by atoms with Crippen LogP contribution in [0.1, 0.15) is 50.7 Å². The minimum Gasteiger partial charge on any atom is -0.506 e. The molecule has 0 saturated carbocycles. The van der Waals surface area contributed by atoms with Gasteiger partial charge in [0.05, 0.1) is 5.56 Å². The number of azo groups is 1. The first kappa shape index (κ1) is 21.2. The highest BCUT2D eigenvalue weighted by atomic mass is 16.3. The Labute approximate surface area is 166 Å². The fourth-order valence-corrected chi connectivity index (χ4v) is 2.62. The molecule has 0 aliphatic carbocycles. The normalized spacial score (nSPS) is 10.8. The molecule has 0 spiro atoms. The number of hydrogen-bond acceptors (Lipinski definition) is 7. The standard InChI is InChI=1S/C21H28N6O/c1-4-6-12-23-20-16(14-22)15(3)19(21(25-20)24-13-7-5-2)27-26-17-10-8-9-11-18(17)28/h8-11,28H,4-7,12-13H2,1-3H3,(H2,23,24,25). The van der Waals surface area contributed by atoms with E-state index >= 15 is 0 Å². The second-order valence-corrected chi connectivity index (χ2v) is 6.52. The maximum Gasteiger partial charge on any atom is 0.156 e. The van der Waals surface area contributed by atoms with E-state index in [0.717, 1.165) is 38.8 Å². The number of pyridine rings is 1. The third-order valence-corrected chi connectivity index (χ3v) is 4.31. The van der Waals surface area contributed by atoms with Crippen molar-refractivity contribution >= 4 is 23.0 Å². The molecule has 0 aliphatic heterocycles. The molecular weight excluding hydrogens is 352 g/mol. The van der Waals surface area contributed by atoms with E-state index in [1.54, 1.807) is 24.3 Å². The van der Waals surface area contributed by atoms with Crippen LogP contribution >= 0.6 is 0 Å². The van der Waals surface area contributed by atoms with E-state index in [1.807, 2.05) is 6.92 Å². The van der Waals surface area contributed by atoms with E-state index in [9.17, 15) is 10.4 Å². The van der Waals surface area contributed by atoms with Gasteiger partial charge in [-0.05, 0) is 31.9 Å². The van der Waals surface area contributed by atoms with Gasteiger partial charge in [-0.2, -0.15) is 5.26 Å². The smallest absolute Gasteiger partial charge is 0.156 e. The van der Waals surface area contributed by atoms with Gasteiger partial charge in [0.15, 0.2) is 5.82 Å². The van der Waals surface area contributed by atoms with Crippen LogP contribution in [0.3, 0.4) is 0 Å². The third-order valence-electron chi connectivity index (χ3n) is 4.31. The topological polar surface area (TPSA) is 106 Å². The van der Waals surface area contributed by atoms with Gasteiger partial charge >= 0.3 is 0 Å². The van der Waals surface area contributed by atoms with E-state index < -0.39 is 0 Å². The highest BCUT2D eigenvalue weighted by molar-refractivity contribution is 5.74. The predicted octanol–water partition coefficient (Wildman–Crippen LogP) is 5.81. The van der Waals surface area contributed by atoms with E-state index in [2.05, 4.69) is 45.8 Å². The monoisotopic (exact) mass is 380 g/mol. The molecule has 0 aliphatic rings. The Kier molecular flexibility index (Phi) is 8.22. The van der Waals surface area contributed by atoms with Crippen molar-refractivity contribution in [2.24, 2.45) is 10.2 Å². The summed E-state index contributed by atoms with van der Waals surface area (Å²) in [5.41, 5.74) is 2.04. The molecule has 148 valence electrons. The molecule has 2 rings (SSSR count). The molecule has 7 heteroatoms. The predicted molar refractivity (Wildman–Crippen MR) is 113 cm³/mol. The van der Waals surface area contributed by atoms with Gasteiger partial charge < -0.3 is 15.7 Å². The van der Waals surface area contributed by atoms with Gasteiger partial charge in [0.25, 0.3) is 0 Å². The van der Waals surface area contributed by atoms with Crippen molar-refractivity contribution in [3.8, 4) is 11.8 Å². The molecule has 1 aromatic carbocycles. The quantitative estimate of drug-likeness (QED) is 0.356. The van der Waals surface area contributed by atoms with Crippen LogP contribution < -0.4 is 10.6 Å². The molecule has 0 amide bonds. The summed E-state index contributed by atoms with van der Waals surface area (Å²) in [6, 6.07) is 8.97. The number of phenolic OH excluding ortho intramolecular Hbond substituents is 1. The van der Waals surface area contributed by atoms with Crippen molar-refractivity contribution in [1.82, 2.24) is 4.98 Å². The SMILES string of the molecule is CCCCNc1nc(NCCCC)c(N=Nc2ccccc2O)c(C)c1C#N. The van der Waals surface area contributed by atoms with E-state index in [4.69, 9.17) is 0 Å². The summed E-state index contributed by atoms with van der Waals surface area (Å²) < 4.78 is 0.